The first-order chi connectivity index (χ1) is 9.61. The zero-order chi connectivity index (χ0) is 15.0. The van der Waals surface area contributed by atoms with Crippen LogP contribution in [-0.2, 0) is 9.30 Å². The molecule has 0 atom stereocenters. The summed E-state index contributed by atoms with van der Waals surface area (Å²) in [6, 6.07) is 5.56. The van der Waals surface area contributed by atoms with E-state index in [4.69, 9.17) is 15.9 Å². The molecule has 1 aromatic carbocycles. The fourth-order valence-corrected chi connectivity index (χ4v) is 3.76. The third-order valence-corrected chi connectivity index (χ3v) is 6.43. The molecule has 0 saturated carbocycles. The third kappa shape index (κ3) is 4.03. The van der Waals surface area contributed by atoms with Crippen molar-refractivity contribution < 1.29 is 14.0 Å². The first-order valence-corrected chi connectivity index (χ1v) is 8.70. The second kappa shape index (κ2) is 7.99. The monoisotopic (exact) mass is 295 g/mol. The van der Waals surface area contributed by atoms with Crippen molar-refractivity contribution in [3.8, 4) is 18.1 Å². The summed E-state index contributed by atoms with van der Waals surface area (Å²) in [7, 11) is -0.770. The van der Waals surface area contributed by atoms with E-state index in [1.807, 2.05) is 32.0 Å². The summed E-state index contributed by atoms with van der Waals surface area (Å²) in [6.07, 6.45) is 6.53. The van der Waals surface area contributed by atoms with Crippen LogP contribution in [0.15, 0.2) is 18.2 Å². The molecule has 1 N–H and O–H groups in total. The quantitative estimate of drug-likeness (QED) is 0.455. The fourth-order valence-electron chi connectivity index (χ4n) is 1.89. The van der Waals surface area contributed by atoms with Crippen LogP contribution >= 0.6 is 7.14 Å². The molecule has 0 aliphatic rings. The van der Waals surface area contributed by atoms with Crippen molar-refractivity contribution in [3.05, 3.63) is 18.2 Å². The van der Waals surface area contributed by atoms with E-state index in [1.54, 1.807) is 7.11 Å². The van der Waals surface area contributed by atoms with E-state index in [1.165, 1.54) is 0 Å². The normalized spacial score (nSPS) is 10.9. The van der Waals surface area contributed by atoms with Crippen LogP contribution in [-0.4, -0.2) is 32.8 Å². The molecule has 0 fully saturated rings. The molecule has 4 nitrogen and oxygen atoms in total. The van der Waals surface area contributed by atoms with Crippen molar-refractivity contribution in [1.29, 1.82) is 0 Å². The molecule has 1 aromatic rings. The molecular weight excluding hydrogens is 273 g/mol. The zero-order valence-electron chi connectivity index (χ0n) is 12.3. The second-order valence-corrected chi connectivity index (χ2v) is 7.87. The highest BCUT2D eigenvalue weighted by atomic mass is 31.2. The Balaban J connectivity index is 3.12. The first-order valence-electron chi connectivity index (χ1n) is 6.63. The van der Waals surface area contributed by atoms with Crippen LogP contribution in [0.5, 0.6) is 5.75 Å². The number of rotatable bonds is 8. The van der Waals surface area contributed by atoms with Gasteiger partial charge in [0.15, 0.2) is 6.79 Å². The Morgan fingerprint density at radius 3 is 2.60 bits per heavy atom. The maximum absolute atomic E-state index is 12.8. The van der Waals surface area contributed by atoms with Gasteiger partial charge in [0, 0.05) is 24.7 Å². The molecular formula is C15H22NO3P. The molecule has 0 aliphatic heterocycles. The van der Waals surface area contributed by atoms with Crippen LogP contribution in [0.25, 0.3) is 0 Å². The number of nitrogens with one attached hydrogen (secondary N) is 1. The van der Waals surface area contributed by atoms with Gasteiger partial charge in [-0.05, 0) is 18.2 Å². The molecule has 0 spiro atoms. The minimum absolute atomic E-state index is 0.136. The lowest BCUT2D eigenvalue weighted by Gasteiger charge is -2.18. The largest absolute Gasteiger partial charge is 0.465 e. The molecule has 0 aliphatic carbocycles. The molecule has 110 valence electrons. The molecule has 1 rings (SSSR count). The highest BCUT2D eigenvalue weighted by Gasteiger charge is 2.21. The lowest BCUT2D eigenvalue weighted by Crippen LogP contribution is -2.12. The zero-order valence-corrected chi connectivity index (χ0v) is 13.2. The van der Waals surface area contributed by atoms with Crippen molar-refractivity contribution in [2.24, 2.45) is 0 Å². The van der Waals surface area contributed by atoms with E-state index in [-0.39, 0.29) is 6.79 Å². The smallest absolute Gasteiger partial charge is 0.188 e. The fraction of sp³-hybridized carbons (Fsp3) is 0.467. The summed E-state index contributed by atoms with van der Waals surface area (Å²) in [5.41, 5.74) is 0.780. The predicted molar refractivity (Wildman–Crippen MR) is 84.6 cm³/mol. The van der Waals surface area contributed by atoms with Gasteiger partial charge < -0.3 is 19.4 Å². The standard InChI is InChI=1S/C15H22NO3P/c1-5-10-16-14-9-8-13(20(17,6-2)7-3)11-15(14)19-12-18-4/h1,8-9,11,16H,6-7,10,12H2,2-4H3. The summed E-state index contributed by atoms with van der Waals surface area (Å²) in [6.45, 7) is 4.44. The van der Waals surface area contributed by atoms with E-state index in [2.05, 4.69) is 11.2 Å². The molecule has 0 radical (unpaired) electrons. The molecule has 0 bridgehead atoms. The molecule has 0 heterocycles. The Morgan fingerprint density at radius 1 is 1.35 bits per heavy atom. The minimum Gasteiger partial charge on any atom is -0.465 e. The molecule has 0 unspecified atom stereocenters. The number of anilines is 1. The van der Waals surface area contributed by atoms with Crippen molar-refractivity contribution in [2.75, 3.05) is 38.1 Å². The van der Waals surface area contributed by atoms with E-state index in [0.717, 1.165) is 11.0 Å². The molecule has 0 amide bonds. The lowest BCUT2D eigenvalue weighted by atomic mass is 10.3. The number of hydrogen-bond donors (Lipinski definition) is 1. The van der Waals surface area contributed by atoms with Crippen LogP contribution in [0.3, 0.4) is 0 Å². The first kappa shape index (κ1) is 16.6. The van der Waals surface area contributed by atoms with Gasteiger partial charge in [0.05, 0.1) is 12.2 Å². The van der Waals surface area contributed by atoms with Crippen molar-refractivity contribution in [3.63, 3.8) is 0 Å². The Kier molecular flexibility index (Phi) is 6.64. The SMILES string of the molecule is C#CCNc1ccc(P(=O)(CC)CC)cc1OCOC. The van der Waals surface area contributed by atoms with Crippen molar-refractivity contribution in [1.82, 2.24) is 0 Å². The predicted octanol–water partition coefficient (Wildman–Crippen LogP) is 2.74. The van der Waals surface area contributed by atoms with Gasteiger partial charge in [0.2, 0.25) is 0 Å². The summed E-state index contributed by atoms with van der Waals surface area (Å²) in [5, 5.41) is 3.91. The molecule has 5 heteroatoms. The Bertz CT molecular complexity index is 514. The minimum atomic E-state index is -2.33. The average molecular weight is 295 g/mol. The summed E-state index contributed by atoms with van der Waals surface area (Å²) in [5.74, 6) is 3.13. The molecule has 0 aromatic heterocycles. The topological polar surface area (TPSA) is 47.6 Å². The van der Waals surface area contributed by atoms with Gasteiger partial charge >= 0.3 is 0 Å². The Morgan fingerprint density at radius 2 is 2.05 bits per heavy atom. The van der Waals surface area contributed by atoms with Gasteiger partial charge in [-0.1, -0.05) is 19.8 Å². The van der Waals surface area contributed by atoms with E-state index < -0.39 is 7.14 Å². The lowest BCUT2D eigenvalue weighted by molar-refractivity contribution is 0.0517. The Labute approximate surface area is 121 Å². The van der Waals surface area contributed by atoms with Gasteiger partial charge in [0.1, 0.15) is 12.9 Å². The maximum Gasteiger partial charge on any atom is 0.188 e. The van der Waals surface area contributed by atoms with Gasteiger partial charge in [-0.15, -0.1) is 6.42 Å². The summed E-state index contributed by atoms with van der Waals surface area (Å²) in [4.78, 5) is 0. The number of hydrogen-bond acceptors (Lipinski definition) is 4. The van der Waals surface area contributed by atoms with E-state index in [9.17, 15) is 4.57 Å². The van der Waals surface area contributed by atoms with E-state index in [0.29, 0.717) is 24.6 Å². The molecule has 0 saturated heterocycles. The number of terminal acetylenes is 1. The van der Waals surface area contributed by atoms with Crippen LogP contribution < -0.4 is 15.4 Å². The maximum atomic E-state index is 12.8. The van der Waals surface area contributed by atoms with Crippen LogP contribution in [0.4, 0.5) is 5.69 Å². The van der Waals surface area contributed by atoms with Gasteiger partial charge in [0.25, 0.3) is 0 Å². The number of benzene rings is 1. The highest BCUT2D eigenvalue weighted by molar-refractivity contribution is 7.71. The third-order valence-electron chi connectivity index (χ3n) is 3.17. The second-order valence-electron chi connectivity index (χ2n) is 4.31. The summed E-state index contributed by atoms with van der Waals surface area (Å²) < 4.78 is 23.2. The number of ether oxygens (including phenoxy) is 2. The van der Waals surface area contributed by atoms with E-state index >= 15 is 0 Å². The average Bonchev–Trinajstić information content (AvgIpc) is 2.50. The van der Waals surface area contributed by atoms with Crippen molar-refractivity contribution in [2.45, 2.75) is 13.8 Å². The Hall–Kier alpha value is -1.43. The van der Waals surface area contributed by atoms with Gasteiger partial charge in [-0.2, -0.15) is 0 Å². The summed E-state index contributed by atoms with van der Waals surface area (Å²) >= 11 is 0. The molecule has 20 heavy (non-hydrogen) atoms. The van der Waals surface area contributed by atoms with Gasteiger partial charge in [-0.3, -0.25) is 0 Å². The van der Waals surface area contributed by atoms with Crippen LogP contribution in [0.1, 0.15) is 13.8 Å². The highest BCUT2D eigenvalue weighted by Crippen LogP contribution is 2.44. The number of methoxy groups -OCH3 is 1. The van der Waals surface area contributed by atoms with Crippen LogP contribution in [0.2, 0.25) is 0 Å². The van der Waals surface area contributed by atoms with Gasteiger partial charge in [-0.25, -0.2) is 0 Å². The van der Waals surface area contributed by atoms with Crippen LogP contribution in [0, 0.1) is 12.3 Å². The van der Waals surface area contributed by atoms with Crippen molar-refractivity contribution >= 4 is 18.1 Å².